The van der Waals surface area contributed by atoms with E-state index in [1.807, 2.05) is 0 Å². The Morgan fingerprint density at radius 3 is 2.69 bits per heavy atom. The predicted molar refractivity (Wildman–Crippen MR) is 63.4 cm³/mol. The van der Waals surface area contributed by atoms with Crippen LogP contribution in [-0.2, 0) is 9.84 Å². The zero-order valence-electron chi connectivity index (χ0n) is 8.86. The van der Waals surface area contributed by atoms with Gasteiger partial charge >= 0.3 is 0 Å². The van der Waals surface area contributed by atoms with Crippen LogP contribution in [0.1, 0.15) is 13.8 Å². The summed E-state index contributed by atoms with van der Waals surface area (Å²) in [6.07, 6.45) is 0. The van der Waals surface area contributed by atoms with Crippen LogP contribution in [0.5, 0.6) is 0 Å². The highest BCUT2D eigenvalue weighted by atomic mass is 35.5. The molecule has 2 aromatic rings. The highest BCUT2D eigenvalue weighted by Crippen LogP contribution is 2.20. The van der Waals surface area contributed by atoms with Crippen molar-refractivity contribution in [2.75, 3.05) is 0 Å². The number of sulfone groups is 1. The molecule has 4 nitrogen and oxygen atoms in total. The first-order chi connectivity index (χ1) is 7.41. The van der Waals surface area contributed by atoms with Gasteiger partial charge in [-0.05, 0) is 32.0 Å². The summed E-state index contributed by atoms with van der Waals surface area (Å²) < 4.78 is 23.7. The van der Waals surface area contributed by atoms with E-state index in [-0.39, 0.29) is 5.16 Å². The summed E-state index contributed by atoms with van der Waals surface area (Å²) in [6, 6.07) is 5.02. The number of imidazole rings is 1. The highest BCUT2D eigenvalue weighted by Gasteiger charge is 2.23. The number of halogens is 1. The molecule has 0 saturated carbocycles. The maximum Gasteiger partial charge on any atom is 0.226 e. The molecule has 0 fully saturated rings. The fourth-order valence-corrected chi connectivity index (χ4v) is 2.41. The van der Waals surface area contributed by atoms with Crippen LogP contribution < -0.4 is 0 Å². The van der Waals surface area contributed by atoms with E-state index in [0.717, 1.165) is 0 Å². The van der Waals surface area contributed by atoms with Gasteiger partial charge in [0.05, 0.1) is 16.3 Å². The molecule has 0 aliphatic heterocycles. The maximum atomic E-state index is 11.9. The average Bonchev–Trinajstić information content (AvgIpc) is 2.60. The van der Waals surface area contributed by atoms with Crippen LogP contribution in [0.25, 0.3) is 11.0 Å². The van der Waals surface area contributed by atoms with Crippen LogP contribution in [0.15, 0.2) is 23.4 Å². The van der Waals surface area contributed by atoms with Gasteiger partial charge in [0, 0.05) is 5.02 Å². The van der Waals surface area contributed by atoms with Gasteiger partial charge in [0.1, 0.15) is 0 Å². The Morgan fingerprint density at radius 2 is 2.06 bits per heavy atom. The molecule has 0 unspecified atom stereocenters. The zero-order valence-corrected chi connectivity index (χ0v) is 10.4. The Morgan fingerprint density at radius 1 is 1.38 bits per heavy atom. The predicted octanol–water partition coefficient (Wildman–Crippen LogP) is 2.40. The minimum absolute atomic E-state index is 0.000216. The van der Waals surface area contributed by atoms with Crippen LogP contribution in [0.3, 0.4) is 0 Å². The number of aromatic amines is 1. The summed E-state index contributed by atoms with van der Waals surface area (Å²) in [5.74, 6) is 0. The topological polar surface area (TPSA) is 62.8 Å². The number of nitrogens with one attached hydrogen (secondary N) is 1. The number of H-pyrrole nitrogens is 1. The van der Waals surface area contributed by atoms with E-state index in [0.29, 0.717) is 16.1 Å². The van der Waals surface area contributed by atoms with Gasteiger partial charge in [-0.3, -0.25) is 0 Å². The number of aromatic nitrogens is 2. The molecule has 0 aliphatic rings. The summed E-state index contributed by atoms with van der Waals surface area (Å²) in [5.41, 5.74) is 1.23. The number of fused-ring (bicyclic) bond motifs is 1. The molecule has 1 aromatic carbocycles. The first-order valence-corrected chi connectivity index (χ1v) is 6.73. The third-order valence-electron chi connectivity index (χ3n) is 2.31. The van der Waals surface area contributed by atoms with Crippen molar-refractivity contribution >= 4 is 32.5 Å². The first-order valence-electron chi connectivity index (χ1n) is 4.80. The maximum absolute atomic E-state index is 11.9. The van der Waals surface area contributed by atoms with Crippen molar-refractivity contribution < 1.29 is 8.42 Å². The monoisotopic (exact) mass is 258 g/mol. The van der Waals surface area contributed by atoms with E-state index >= 15 is 0 Å². The van der Waals surface area contributed by atoms with E-state index in [2.05, 4.69) is 9.97 Å². The lowest BCUT2D eigenvalue weighted by Gasteiger charge is -2.02. The third-order valence-corrected chi connectivity index (χ3v) is 4.52. The van der Waals surface area contributed by atoms with E-state index in [1.54, 1.807) is 32.0 Å². The lowest BCUT2D eigenvalue weighted by molar-refractivity contribution is 0.580. The first kappa shape index (κ1) is 11.4. The fourth-order valence-electron chi connectivity index (χ4n) is 1.32. The van der Waals surface area contributed by atoms with Gasteiger partial charge in [0.25, 0.3) is 0 Å². The number of nitrogens with zero attached hydrogens (tertiary/aromatic N) is 1. The van der Waals surface area contributed by atoms with Crippen molar-refractivity contribution in [3.63, 3.8) is 0 Å². The van der Waals surface area contributed by atoms with Gasteiger partial charge in [-0.25, -0.2) is 13.4 Å². The van der Waals surface area contributed by atoms with Gasteiger partial charge in [-0.1, -0.05) is 11.6 Å². The summed E-state index contributed by atoms with van der Waals surface area (Å²) in [4.78, 5) is 6.82. The second-order valence-corrected chi connectivity index (χ2v) is 6.65. The summed E-state index contributed by atoms with van der Waals surface area (Å²) in [6.45, 7) is 3.24. The molecule has 1 aromatic heterocycles. The van der Waals surface area contributed by atoms with Gasteiger partial charge in [-0.15, -0.1) is 0 Å². The van der Waals surface area contributed by atoms with Gasteiger partial charge in [-0.2, -0.15) is 0 Å². The molecule has 0 amide bonds. The number of benzene rings is 1. The smallest absolute Gasteiger partial charge is 0.226 e. The molecule has 0 spiro atoms. The van der Waals surface area contributed by atoms with Crippen molar-refractivity contribution in [2.24, 2.45) is 0 Å². The van der Waals surface area contributed by atoms with E-state index in [1.165, 1.54) is 0 Å². The quantitative estimate of drug-likeness (QED) is 0.900. The second kappa shape index (κ2) is 3.75. The summed E-state index contributed by atoms with van der Waals surface area (Å²) in [7, 11) is -3.36. The largest absolute Gasteiger partial charge is 0.329 e. The van der Waals surface area contributed by atoms with Gasteiger partial charge in [0.2, 0.25) is 15.0 Å². The van der Waals surface area contributed by atoms with Crippen molar-refractivity contribution in [3.05, 3.63) is 23.2 Å². The molecular formula is C10H11ClN2O2S. The molecule has 1 N–H and O–H groups in total. The molecule has 0 radical (unpaired) electrons. The lowest BCUT2D eigenvalue weighted by atomic mass is 10.3. The molecule has 0 saturated heterocycles. The third kappa shape index (κ3) is 1.81. The summed E-state index contributed by atoms with van der Waals surface area (Å²) in [5, 5.41) is 0.0490. The fraction of sp³-hybridized carbons (Fsp3) is 0.300. The molecule has 1 heterocycles. The molecule has 86 valence electrons. The van der Waals surface area contributed by atoms with Crippen LogP contribution in [0.2, 0.25) is 5.02 Å². The van der Waals surface area contributed by atoms with Crippen LogP contribution in [-0.4, -0.2) is 23.6 Å². The van der Waals surface area contributed by atoms with Crippen molar-refractivity contribution in [3.8, 4) is 0 Å². The second-order valence-electron chi connectivity index (χ2n) is 3.80. The molecular weight excluding hydrogens is 248 g/mol. The molecule has 0 bridgehead atoms. The zero-order chi connectivity index (χ0) is 11.9. The Kier molecular flexibility index (Phi) is 2.67. The van der Waals surface area contributed by atoms with Crippen LogP contribution in [0, 0.1) is 0 Å². The van der Waals surface area contributed by atoms with Crippen molar-refractivity contribution in [1.29, 1.82) is 0 Å². The SMILES string of the molecule is CC(C)S(=O)(=O)c1nc2ccc(Cl)cc2[nH]1. The minimum Gasteiger partial charge on any atom is -0.329 e. The van der Waals surface area contributed by atoms with Crippen molar-refractivity contribution in [1.82, 2.24) is 9.97 Å². The average molecular weight is 259 g/mol. The Balaban J connectivity index is 2.65. The Labute approximate surface area is 98.6 Å². The van der Waals surface area contributed by atoms with E-state index in [9.17, 15) is 8.42 Å². The van der Waals surface area contributed by atoms with E-state index in [4.69, 9.17) is 11.6 Å². The van der Waals surface area contributed by atoms with Gasteiger partial charge in [0.15, 0.2) is 0 Å². The molecule has 6 heteroatoms. The van der Waals surface area contributed by atoms with Crippen LogP contribution in [0.4, 0.5) is 0 Å². The Hall–Kier alpha value is -1.07. The standard InChI is InChI=1S/C10H11ClN2O2S/c1-6(2)16(14,15)10-12-8-4-3-7(11)5-9(8)13-10/h3-6H,1-2H3,(H,12,13). The molecule has 0 aliphatic carbocycles. The Bertz CT molecular complexity index is 631. The van der Waals surface area contributed by atoms with E-state index < -0.39 is 15.1 Å². The highest BCUT2D eigenvalue weighted by molar-refractivity contribution is 7.91. The molecule has 0 atom stereocenters. The number of rotatable bonds is 2. The number of hydrogen-bond donors (Lipinski definition) is 1. The lowest BCUT2D eigenvalue weighted by Crippen LogP contribution is -2.15. The van der Waals surface area contributed by atoms with Crippen molar-refractivity contribution in [2.45, 2.75) is 24.3 Å². The summed E-state index contributed by atoms with van der Waals surface area (Å²) >= 11 is 5.81. The normalized spacial score (nSPS) is 12.5. The van der Waals surface area contributed by atoms with Gasteiger partial charge < -0.3 is 4.98 Å². The number of hydrogen-bond acceptors (Lipinski definition) is 3. The molecule has 2 rings (SSSR count). The minimum atomic E-state index is -3.36. The molecule has 16 heavy (non-hydrogen) atoms. The van der Waals surface area contributed by atoms with Crippen LogP contribution >= 0.6 is 11.6 Å².